The standard InChI is InChI=1S/C18H14F2N6O4/c1-29-12-4-11(24-15(27)5-12)7-23-26-17(28)14-9-21-8-13(25-14)10-2-3-16(22-6-10)30-18(19)20/h2-9,18H,1H3,(H,24,27)(H,26,28)/b23-7+. The van der Waals surface area contributed by atoms with Crippen molar-refractivity contribution < 1.29 is 28.2 Å². The van der Waals surface area contributed by atoms with Crippen LogP contribution in [-0.2, 0) is 0 Å². The first-order valence-corrected chi connectivity index (χ1v) is 8.26. The molecule has 0 unspecified atom stereocenters. The number of carbonyl (C=O) groups excluding carboxylic acids is 1. The van der Waals surface area contributed by atoms with Crippen molar-refractivity contribution in [3.63, 3.8) is 0 Å². The van der Waals surface area contributed by atoms with E-state index in [2.05, 4.69) is 35.2 Å². The first-order chi connectivity index (χ1) is 14.4. The number of ether oxygens (including phenoxy) is 2. The average molecular weight is 416 g/mol. The summed E-state index contributed by atoms with van der Waals surface area (Å²) in [6.45, 7) is -2.98. The van der Waals surface area contributed by atoms with Gasteiger partial charge in [0.15, 0.2) is 0 Å². The number of alkyl halides is 2. The van der Waals surface area contributed by atoms with E-state index >= 15 is 0 Å². The van der Waals surface area contributed by atoms with Crippen LogP contribution in [0, 0.1) is 0 Å². The Balaban J connectivity index is 1.69. The van der Waals surface area contributed by atoms with E-state index in [0.29, 0.717) is 17.0 Å². The van der Waals surface area contributed by atoms with Crippen LogP contribution < -0.4 is 14.9 Å². The molecule has 2 N–H and O–H groups in total. The number of methoxy groups -OCH3 is 1. The number of aromatic nitrogens is 4. The van der Waals surface area contributed by atoms with Gasteiger partial charge in [0.05, 0.1) is 37.1 Å². The van der Waals surface area contributed by atoms with Gasteiger partial charge in [-0.05, 0) is 6.07 Å². The van der Waals surface area contributed by atoms with Crippen molar-refractivity contribution in [1.82, 2.24) is 25.4 Å². The topological polar surface area (TPSA) is 132 Å². The fraction of sp³-hybridized carbons (Fsp3) is 0.111. The first kappa shape index (κ1) is 20.5. The summed E-state index contributed by atoms with van der Waals surface area (Å²) in [6, 6.07) is 5.52. The minimum Gasteiger partial charge on any atom is -0.496 e. The molecule has 3 aromatic heterocycles. The predicted octanol–water partition coefficient (Wildman–Crippen LogP) is 2.01. The number of nitrogens with zero attached hydrogens (tertiary/aromatic N) is 5. The Labute approximate surface area is 168 Å². The third kappa shape index (κ3) is 5.41. The molecule has 0 aliphatic carbocycles. The number of halogens is 2. The maximum absolute atomic E-state index is 12.2. The van der Waals surface area contributed by atoms with Crippen molar-refractivity contribution in [1.29, 1.82) is 0 Å². The average Bonchev–Trinajstić information content (AvgIpc) is 2.73. The van der Waals surface area contributed by atoms with Crippen molar-refractivity contribution in [2.45, 2.75) is 6.61 Å². The number of hydrogen-bond acceptors (Lipinski definition) is 9. The Morgan fingerprint density at radius 3 is 2.77 bits per heavy atom. The second kappa shape index (κ2) is 9.32. The second-order valence-electron chi connectivity index (χ2n) is 5.54. The van der Waals surface area contributed by atoms with E-state index in [9.17, 15) is 18.7 Å². The van der Waals surface area contributed by atoms with E-state index in [1.807, 2.05) is 0 Å². The molecule has 3 aromatic rings. The number of amides is 1. The van der Waals surface area contributed by atoms with Crippen LogP contribution in [-0.4, -0.2) is 50.9 Å². The van der Waals surface area contributed by atoms with Crippen LogP contribution in [0.15, 0.2) is 48.0 Å². The van der Waals surface area contributed by atoms with E-state index in [-0.39, 0.29) is 23.1 Å². The van der Waals surface area contributed by atoms with Gasteiger partial charge >= 0.3 is 6.61 Å². The highest BCUT2D eigenvalue weighted by Crippen LogP contribution is 2.19. The number of hydrazone groups is 1. The van der Waals surface area contributed by atoms with E-state index in [1.165, 1.54) is 56.2 Å². The summed E-state index contributed by atoms with van der Waals surface area (Å²) in [5.74, 6) is -0.799. The molecule has 154 valence electrons. The maximum Gasteiger partial charge on any atom is 0.388 e. The first-order valence-electron chi connectivity index (χ1n) is 8.26. The van der Waals surface area contributed by atoms with Gasteiger partial charge in [-0.25, -0.2) is 20.4 Å². The highest BCUT2D eigenvalue weighted by molar-refractivity contribution is 5.93. The molecule has 30 heavy (non-hydrogen) atoms. The molecule has 12 heteroatoms. The van der Waals surface area contributed by atoms with Crippen LogP contribution >= 0.6 is 0 Å². The molecule has 0 aliphatic heterocycles. The zero-order valence-corrected chi connectivity index (χ0v) is 15.4. The van der Waals surface area contributed by atoms with Gasteiger partial charge in [-0.2, -0.15) is 13.9 Å². The number of pyridine rings is 2. The lowest BCUT2D eigenvalue weighted by Gasteiger charge is -2.05. The minimum atomic E-state index is -2.98. The Bertz CT molecular complexity index is 1060. The van der Waals surface area contributed by atoms with Gasteiger partial charge in [0.2, 0.25) is 11.8 Å². The molecule has 0 atom stereocenters. The molecular weight excluding hydrogens is 402 g/mol. The second-order valence-corrected chi connectivity index (χ2v) is 5.54. The molecule has 0 aromatic carbocycles. The summed E-state index contributed by atoms with van der Waals surface area (Å²) in [4.78, 5) is 27.9. The predicted molar refractivity (Wildman–Crippen MR) is 99.4 cm³/mol. The zero-order valence-electron chi connectivity index (χ0n) is 15.4. The van der Waals surface area contributed by atoms with Gasteiger partial charge in [0, 0.05) is 30.0 Å². The lowest BCUT2D eigenvalue weighted by Crippen LogP contribution is -2.19. The molecule has 3 heterocycles. The number of hydrogen-bond donors (Lipinski definition) is 2. The number of aromatic hydroxyl groups is 1. The quantitative estimate of drug-likeness (QED) is 0.442. The molecule has 0 saturated carbocycles. The van der Waals surface area contributed by atoms with Gasteiger partial charge < -0.3 is 14.6 Å². The number of rotatable bonds is 7. The number of nitrogens with one attached hydrogen (secondary N) is 1. The van der Waals surface area contributed by atoms with Crippen LogP contribution in [0.3, 0.4) is 0 Å². The highest BCUT2D eigenvalue weighted by Gasteiger charge is 2.11. The molecule has 0 radical (unpaired) electrons. The molecule has 0 spiro atoms. The van der Waals surface area contributed by atoms with Gasteiger partial charge in [0.25, 0.3) is 5.91 Å². The van der Waals surface area contributed by atoms with Crippen LogP contribution in [0.4, 0.5) is 8.78 Å². The van der Waals surface area contributed by atoms with Crippen LogP contribution in [0.25, 0.3) is 11.3 Å². The van der Waals surface area contributed by atoms with Gasteiger partial charge in [-0.1, -0.05) is 0 Å². The molecule has 1 amide bonds. The SMILES string of the molecule is COc1cc(O)nc(/C=N/NC(=O)c2cncc(-c3ccc(OC(F)F)nc3)n2)c1. The third-order valence-corrected chi connectivity index (χ3v) is 3.51. The lowest BCUT2D eigenvalue weighted by atomic mass is 10.2. The fourth-order valence-electron chi connectivity index (χ4n) is 2.22. The Morgan fingerprint density at radius 2 is 2.07 bits per heavy atom. The minimum absolute atomic E-state index is 0.0426. The summed E-state index contributed by atoms with van der Waals surface area (Å²) in [7, 11) is 1.43. The fourth-order valence-corrected chi connectivity index (χ4v) is 2.22. The highest BCUT2D eigenvalue weighted by atomic mass is 19.3. The molecule has 0 bridgehead atoms. The third-order valence-electron chi connectivity index (χ3n) is 3.51. The zero-order chi connectivity index (χ0) is 21.5. The molecule has 0 aliphatic rings. The Hall–Kier alpha value is -4.22. The Kier molecular flexibility index (Phi) is 6.37. The maximum atomic E-state index is 12.2. The smallest absolute Gasteiger partial charge is 0.388 e. The largest absolute Gasteiger partial charge is 0.496 e. The summed E-state index contributed by atoms with van der Waals surface area (Å²) < 4.78 is 33.6. The summed E-state index contributed by atoms with van der Waals surface area (Å²) in [5, 5.41) is 13.3. The van der Waals surface area contributed by atoms with E-state index < -0.39 is 12.5 Å². The summed E-state index contributed by atoms with van der Waals surface area (Å²) in [5.41, 5.74) is 3.21. The van der Waals surface area contributed by atoms with Crippen molar-refractivity contribution in [2.75, 3.05) is 7.11 Å². The van der Waals surface area contributed by atoms with Crippen molar-refractivity contribution in [3.8, 4) is 28.8 Å². The van der Waals surface area contributed by atoms with Crippen molar-refractivity contribution in [2.24, 2.45) is 5.10 Å². The number of carbonyl (C=O) groups is 1. The molecule has 3 rings (SSSR count). The molecular formula is C18H14F2N6O4. The Morgan fingerprint density at radius 1 is 1.23 bits per heavy atom. The van der Waals surface area contributed by atoms with Crippen molar-refractivity contribution in [3.05, 3.63) is 54.2 Å². The van der Waals surface area contributed by atoms with Crippen molar-refractivity contribution >= 4 is 12.1 Å². The van der Waals surface area contributed by atoms with E-state index in [1.54, 1.807) is 0 Å². The van der Waals surface area contributed by atoms with Gasteiger partial charge in [0.1, 0.15) is 11.4 Å². The summed E-state index contributed by atoms with van der Waals surface area (Å²) in [6.07, 6.45) is 5.09. The monoisotopic (exact) mass is 416 g/mol. The summed E-state index contributed by atoms with van der Waals surface area (Å²) >= 11 is 0. The normalized spacial score (nSPS) is 10.9. The van der Waals surface area contributed by atoms with E-state index in [0.717, 1.165) is 0 Å². The van der Waals surface area contributed by atoms with Crippen LogP contribution in [0.1, 0.15) is 16.2 Å². The molecule has 0 fully saturated rings. The molecule has 10 nitrogen and oxygen atoms in total. The van der Waals surface area contributed by atoms with Crippen LogP contribution in [0.5, 0.6) is 17.5 Å². The van der Waals surface area contributed by atoms with Gasteiger partial charge in [-0.3, -0.25) is 9.78 Å². The lowest BCUT2D eigenvalue weighted by molar-refractivity contribution is -0.0528. The van der Waals surface area contributed by atoms with Crippen LogP contribution in [0.2, 0.25) is 0 Å². The van der Waals surface area contributed by atoms with Gasteiger partial charge in [-0.15, -0.1) is 0 Å². The van der Waals surface area contributed by atoms with E-state index in [4.69, 9.17) is 4.74 Å². The molecule has 0 saturated heterocycles.